The fourth-order valence-corrected chi connectivity index (χ4v) is 4.20. The highest BCUT2D eigenvalue weighted by Gasteiger charge is 2.26. The first-order valence-electron chi connectivity index (χ1n) is 7.07. The van der Waals surface area contributed by atoms with Crippen molar-refractivity contribution in [2.75, 3.05) is 23.0 Å². The van der Waals surface area contributed by atoms with Gasteiger partial charge in [-0.15, -0.1) is 0 Å². The Bertz CT molecular complexity index is 540. The summed E-state index contributed by atoms with van der Waals surface area (Å²) in [6, 6.07) is 9.60. The zero-order valence-corrected chi connectivity index (χ0v) is 12.6. The lowest BCUT2D eigenvalue weighted by atomic mass is 9.98. The van der Waals surface area contributed by atoms with Crippen molar-refractivity contribution in [1.29, 1.82) is 0 Å². The molecular weight excluding hydrogens is 274 g/mol. The minimum Gasteiger partial charge on any atom is -0.313 e. The molecule has 0 unspecified atom stereocenters. The van der Waals surface area contributed by atoms with Gasteiger partial charge in [-0.05, 0) is 37.8 Å². The number of hydrogen-bond acceptors (Lipinski definition) is 3. The predicted molar refractivity (Wildman–Crippen MR) is 80.5 cm³/mol. The number of rotatable bonds is 4. The van der Waals surface area contributed by atoms with E-state index in [0.717, 1.165) is 5.69 Å². The molecule has 1 aliphatic rings. The third kappa shape index (κ3) is 3.82. The third-order valence-electron chi connectivity index (χ3n) is 3.82. The predicted octanol–water partition coefficient (Wildman–Crippen LogP) is 2.25. The van der Waals surface area contributed by atoms with Gasteiger partial charge in [-0.1, -0.05) is 18.2 Å². The molecule has 1 fully saturated rings. The number of sulfone groups is 1. The summed E-state index contributed by atoms with van der Waals surface area (Å²) in [4.78, 5) is 14.1. The summed E-state index contributed by atoms with van der Waals surface area (Å²) in [5.41, 5.74) is 0.906. The molecule has 0 aliphatic carbocycles. The molecule has 2 rings (SSSR count). The van der Waals surface area contributed by atoms with Gasteiger partial charge in [0, 0.05) is 18.7 Å². The Kier molecular flexibility index (Phi) is 4.81. The standard InChI is InChI=1S/C15H21NO3S/c1-2-16(14-6-4-3-5-7-14)15(17)12-13-8-10-20(18,19)11-9-13/h3-7,13H,2,8-12H2,1H3. The molecule has 5 heteroatoms. The van der Waals surface area contributed by atoms with E-state index in [4.69, 9.17) is 0 Å². The van der Waals surface area contributed by atoms with Gasteiger partial charge in [-0.25, -0.2) is 8.42 Å². The lowest BCUT2D eigenvalue weighted by Gasteiger charge is -2.26. The molecule has 0 radical (unpaired) electrons. The fourth-order valence-electron chi connectivity index (χ4n) is 2.61. The van der Waals surface area contributed by atoms with Crippen molar-refractivity contribution in [2.24, 2.45) is 5.92 Å². The Morgan fingerprint density at radius 1 is 1.20 bits per heavy atom. The van der Waals surface area contributed by atoms with E-state index in [9.17, 15) is 13.2 Å². The first-order valence-corrected chi connectivity index (χ1v) is 8.90. The molecule has 1 heterocycles. The van der Waals surface area contributed by atoms with Gasteiger partial charge >= 0.3 is 0 Å². The molecule has 1 aromatic carbocycles. The maximum atomic E-state index is 12.4. The summed E-state index contributed by atoms with van der Waals surface area (Å²) in [6.07, 6.45) is 1.67. The van der Waals surface area contributed by atoms with Crippen molar-refractivity contribution >= 4 is 21.4 Å². The van der Waals surface area contributed by atoms with Crippen LogP contribution in [0.25, 0.3) is 0 Å². The highest BCUT2D eigenvalue weighted by molar-refractivity contribution is 7.91. The van der Waals surface area contributed by atoms with Crippen LogP contribution in [-0.2, 0) is 14.6 Å². The Morgan fingerprint density at radius 3 is 2.35 bits per heavy atom. The second kappa shape index (κ2) is 6.39. The summed E-state index contributed by atoms with van der Waals surface area (Å²) in [6.45, 7) is 2.59. The molecular formula is C15H21NO3S. The van der Waals surface area contributed by atoms with Crippen LogP contribution in [0.4, 0.5) is 5.69 Å². The Morgan fingerprint density at radius 2 is 1.80 bits per heavy atom. The average molecular weight is 295 g/mol. The number of hydrogen-bond donors (Lipinski definition) is 0. The molecule has 0 saturated carbocycles. The number of anilines is 1. The zero-order chi connectivity index (χ0) is 14.6. The molecule has 110 valence electrons. The minimum atomic E-state index is -2.85. The van der Waals surface area contributed by atoms with Gasteiger partial charge in [0.2, 0.25) is 5.91 Å². The SMILES string of the molecule is CCN(C(=O)CC1CCS(=O)(=O)CC1)c1ccccc1. The highest BCUT2D eigenvalue weighted by Crippen LogP contribution is 2.24. The summed E-state index contributed by atoms with van der Waals surface area (Å²) in [5, 5.41) is 0. The van der Waals surface area contributed by atoms with E-state index in [1.54, 1.807) is 4.90 Å². The van der Waals surface area contributed by atoms with Crippen molar-refractivity contribution in [3.05, 3.63) is 30.3 Å². The first-order chi connectivity index (χ1) is 9.52. The fraction of sp³-hybridized carbons (Fsp3) is 0.533. The molecule has 0 aromatic heterocycles. The number of amides is 1. The van der Waals surface area contributed by atoms with Crippen molar-refractivity contribution in [2.45, 2.75) is 26.2 Å². The van der Waals surface area contributed by atoms with Gasteiger partial charge in [0.25, 0.3) is 0 Å². The largest absolute Gasteiger partial charge is 0.313 e. The molecule has 1 saturated heterocycles. The molecule has 0 N–H and O–H groups in total. The van der Waals surface area contributed by atoms with Crippen LogP contribution in [0.5, 0.6) is 0 Å². The van der Waals surface area contributed by atoms with Crippen LogP contribution in [-0.4, -0.2) is 32.4 Å². The Balaban J connectivity index is 1.97. The van der Waals surface area contributed by atoms with Crippen molar-refractivity contribution in [1.82, 2.24) is 0 Å². The van der Waals surface area contributed by atoms with Gasteiger partial charge in [0.05, 0.1) is 11.5 Å². The summed E-state index contributed by atoms with van der Waals surface area (Å²) >= 11 is 0. The number of benzene rings is 1. The van der Waals surface area contributed by atoms with Crippen LogP contribution in [0.15, 0.2) is 30.3 Å². The van der Waals surface area contributed by atoms with Crippen molar-refractivity contribution in [3.8, 4) is 0 Å². The van der Waals surface area contributed by atoms with Crippen LogP contribution < -0.4 is 4.90 Å². The van der Waals surface area contributed by atoms with Crippen molar-refractivity contribution in [3.63, 3.8) is 0 Å². The first kappa shape index (κ1) is 15.0. The molecule has 1 amide bonds. The smallest absolute Gasteiger partial charge is 0.227 e. The van der Waals surface area contributed by atoms with E-state index in [-0.39, 0.29) is 23.3 Å². The number of para-hydroxylation sites is 1. The molecule has 1 aliphatic heterocycles. The quantitative estimate of drug-likeness (QED) is 0.856. The van der Waals surface area contributed by atoms with E-state index >= 15 is 0 Å². The minimum absolute atomic E-state index is 0.0861. The Labute approximate surface area is 120 Å². The van der Waals surface area contributed by atoms with Gasteiger partial charge in [-0.2, -0.15) is 0 Å². The molecule has 0 bridgehead atoms. The third-order valence-corrected chi connectivity index (χ3v) is 5.54. The average Bonchev–Trinajstić information content (AvgIpc) is 2.43. The molecule has 1 aromatic rings. The van der Waals surface area contributed by atoms with E-state index in [1.165, 1.54) is 0 Å². The second-order valence-electron chi connectivity index (χ2n) is 5.27. The zero-order valence-electron chi connectivity index (χ0n) is 11.8. The summed E-state index contributed by atoms with van der Waals surface area (Å²) < 4.78 is 22.8. The maximum Gasteiger partial charge on any atom is 0.227 e. The van der Waals surface area contributed by atoms with E-state index < -0.39 is 9.84 Å². The number of carbonyl (C=O) groups excluding carboxylic acids is 1. The summed E-state index contributed by atoms with van der Waals surface area (Å²) in [7, 11) is -2.85. The van der Waals surface area contributed by atoms with Crippen LogP contribution in [0.1, 0.15) is 26.2 Å². The van der Waals surface area contributed by atoms with Gasteiger partial charge in [0.15, 0.2) is 0 Å². The van der Waals surface area contributed by atoms with Crippen molar-refractivity contribution < 1.29 is 13.2 Å². The van der Waals surface area contributed by atoms with Gasteiger partial charge in [0.1, 0.15) is 9.84 Å². The Hall–Kier alpha value is -1.36. The van der Waals surface area contributed by atoms with Crippen LogP contribution in [0.3, 0.4) is 0 Å². The van der Waals surface area contributed by atoms with Crippen LogP contribution in [0, 0.1) is 5.92 Å². The van der Waals surface area contributed by atoms with Crippen LogP contribution in [0.2, 0.25) is 0 Å². The van der Waals surface area contributed by atoms with E-state index in [1.807, 2.05) is 37.3 Å². The van der Waals surface area contributed by atoms with Gasteiger partial charge < -0.3 is 4.90 Å². The number of nitrogens with zero attached hydrogens (tertiary/aromatic N) is 1. The lowest BCUT2D eigenvalue weighted by molar-refractivity contribution is -0.119. The molecule has 4 nitrogen and oxygen atoms in total. The van der Waals surface area contributed by atoms with E-state index in [2.05, 4.69) is 0 Å². The monoisotopic (exact) mass is 295 g/mol. The normalized spacial score (nSPS) is 18.6. The molecule has 0 atom stereocenters. The van der Waals surface area contributed by atoms with E-state index in [0.29, 0.717) is 25.8 Å². The van der Waals surface area contributed by atoms with Crippen LogP contribution >= 0.6 is 0 Å². The second-order valence-corrected chi connectivity index (χ2v) is 7.58. The lowest BCUT2D eigenvalue weighted by Crippen LogP contribution is -2.34. The maximum absolute atomic E-state index is 12.4. The topological polar surface area (TPSA) is 54.5 Å². The molecule has 20 heavy (non-hydrogen) atoms. The number of carbonyl (C=O) groups is 1. The highest BCUT2D eigenvalue weighted by atomic mass is 32.2. The summed E-state index contributed by atoms with van der Waals surface area (Å²) in [5.74, 6) is 0.733. The van der Waals surface area contributed by atoms with Gasteiger partial charge in [-0.3, -0.25) is 4.79 Å². The molecule has 0 spiro atoms.